The Kier molecular flexibility index (Phi) is 4.82. The summed E-state index contributed by atoms with van der Waals surface area (Å²) < 4.78 is 5.23. The van der Waals surface area contributed by atoms with Crippen LogP contribution in [0.2, 0.25) is 0 Å². The number of aryl methyl sites for hydroxylation is 1. The summed E-state index contributed by atoms with van der Waals surface area (Å²) >= 11 is 0. The average Bonchev–Trinajstić information content (AvgIpc) is 2.27. The Balaban J connectivity index is 2.55. The van der Waals surface area contributed by atoms with Crippen LogP contribution in [-0.4, -0.2) is 19.2 Å². The molecule has 2 N–H and O–H groups in total. The second-order valence-corrected chi connectivity index (χ2v) is 4.29. The fourth-order valence-corrected chi connectivity index (χ4v) is 1.47. The third kappa shape index (κ3) is 4.34. The van der Waals surface area contributed by atoms with Gasteiger partial charge in [0.05, 0.1) is 7.11 Å². The number of rotatable bonds is 4. The van der Waals surface area contributed by atoms with E-state index in [4.69, 9.17) is 4.74 Å². The molecular formula is C13H20N2O2. The predicted molar refractivity (Wildman–Crippen MR) is 68.2 cm³/mol. The van der Waals surface area contributed by atoms with E-state index in [9.17, 15) is 4.79 Å². The van der Waals surface area contributed by atoms with Crippen molar-refractivity contribution in [2.24, 2.45) is 0 Å². The van der Waals surface area contributed by atoms with Gasteiger partial charge >= 0.3 is 6.03 Å². The average molecular weight is 236 g/mol. The van der Waals surface area contributed by atoms with Crippen molar-refractivity contribution in [2.75, 3.05) is 7.11 Å². The van der Waals surface area contributed by atoms with Gasteiger partial charge in [0.2, 0.25) is 0 Å². The molecule has 1 aromatic rings. The molecule has 1 rings (SSSR count). The number of amides is 2. The molecular weight excluding hydrogens is 216 g/mol. The Morgan fingerprint density at radius 3 is 2.71 bits per heavy atom. The van der Waals surface area contributed by atoms with Crippen molar-refractivity contribution in [3.8, 4) is 5.75 Å². The molecule has 0 bridgehead atoms. The van der Waals surface area contributed by atoms with Gasteiger partial charge in [-0.3, -0.25) is 0 Å². The first-order chi connectivity index (χ1) is 8.02. The number of hydrogen-bond acceptors (Lipinski definition) is 2. The van der Waals surface area contributed by atoms with E-state index in [1.807, 2.05) is 39.0 Å². The predicted octanol–water partition coefficient (Wildman–Crippen LogP) is 2.21. The fraction of sp³-hybridized carbons (Fsp3) is 0.462. The lowest BCUT2D eigenvalue weighted by molar-refractivity contribution is 0.238. The molecule has 1 aromatic carbocycles. The van der Waals surface area contributed by atoms with Crippen molar-refractivity contribution in [1.82, 2.24) is 10.6 Å². The maximum absolute atomic E-state index is 11.4. The van der Waals surface area contributed by atoms with Gasteiger partial charge in [-0.15, -0.1) is 0 Å². The maximum atomic E-state index is 11.4. The van der Waals surface area contributed by atoms with Gasteiger partial charge in [0.25, 0.3) is 0 Å². The second-order valence-electron chi connectivity index (χ2n) is 4.29. The number of methoxy groups -OCH3 is 1. The van der Waals surface area contributed by atoms with E-state index < -0.39 is 0 Å². The van der Waals surface area contributed by atoms with Gasteiger partial charge in [-0.25, -0.2) is 4.79 Å². The number of ether oxygens (including phenoxy) is 1. The van der Waals surface area contributed by atoms with E-state index in [0.29, 0.717) is 6.54 Å². The maximum Gasteiger partial charge on any atom is 0.315 e. The van der Waals surface area contributed by atoms with Crippen molar-refractivity contribution >= 4 is 6.03 Å². The van der Waals surface area contributed by atoms with Crippen LogP contribution in [0.4, 0.5) is 4.79 Å². The lowest BCUT2D eigenvalue weighted by Crippen LogP contribution is -2.39. The summed E-state index contributed by atoms with van der Waals surface area (Å²) in [5, 5.41) is 5.57. The Hall–Kier alpha value is -1.71. The first-order valence-corrected chi connectivity index (χ1v) is 5.71. The highest BCUT2D eigenvalue weighted by molar-refractivity contribution is 5.74. The third-order valence-corrected chi connectivity index (χ3v) is 2.35. The van der Waals surface area contributed by atoms with Gasteiger partial charge in [-0.05, 0) is 38.0 Å². The molecule has 17 heavy (non-hydrogen) atoms. The minimum absolute atomic E-state index is 0.141. The molecule has 0 aliphatic rings. The summed E-state index contributed by atoms with van der Waals surface area (Å²) in [6.45, 7) is 6.33. The lowest BCUT2D eigenvalue weighted by Gasteiger charge is -2.11. The topological polar surface area (TPSA) is 50.4 Å². The summed E-state index contributed by atoms with van der Waals surface area (Å²) in [5.74, 6) is 0.841. The van der Waals surface area contributed by atoms with Crippen LogP contribution in [0.15, 0.2) is 18.2 Å². The minimum Gasteiger partial charge on any atom is -0.496 e. The molecule has 0 fully saturated rings. The van der Waals surface area contributed by atoms with Gasteiger partial charge in [-0.2, -0.15) is 0 Å². The molecule has 2 amide bonds. The van der Waals surface area contributed by atoms with E-state index in [1.165, 1.54) is 0 Å². The SMILES string of the molecule is COc1cc(CNC(=O)NC(C)C)ccc1C. The lowest BCUT2D eigenvalue weighted by atomic mass is 10.1. The number of nitrogens with one attached hydrogen (secondary N) is 2. The molecule has 0 spiro atoms. The van der Waals surface area contributed by atoms with Crippen LogP contribution in [-0.2, 0) is 6.54 Å². The second kappa shape index (κ2) is 6.13. The molecule has 0 aliphatic carbocycles. The summed E-state index contributed by atoms with van der Waals surface area (Å²) in [6, 6.07) is 5.89. The fourth-order valence-electron chi connectivity index (χ4n) is 1.47. The van der Waals surface area contributed by atoms with E-state index in [-0.39, 0.29) is 12.1 Å². The van der Waals surface area contributed by atoms with Crippen molar-refractivity contribution in [1.29, 1.82) is 0 Å². The largest absolute Gasteiger partial charge is 0.496 e. The molecule has 0 radical (unpaired) electrons. The van der Waals surface area contributed by atoms with Crippen LogP contribution in [0.1, 0.15) is 25.0 Å². The summed E-state index contributed by atoms with van der Waals surface area (Å²) in [4.78, 5) is 11.4. The smallest absolute Gasteiger partial charge is 0.315 e. The molecule has 0 heterocycles. The molecule has 4 nitrogen and oxygen atoms in total. The normalized spacial score (nSPS) is 10.2. The molecule has 0 saturated carbocycles. The quantitative estimate of drug-likeness (QED) is 0.842. The highest BCUT2D eigenvalue weighted by atomic mass is 16.5. The van der Waals surface area contributed by atoms with Crippen LogP contribution in [0.25, 0.3) is 0 Å². The highest BCUT2D eigenvalue weighted by Gasteiger charge is 2.04. The molecule has 0 unspecified atom stereocenters. The summed E-state index contributed by atoms with van der Waals surface area (Å²) in [7, 11) is 1.64. The Bertz CT molecular complexity index is 389. The van der Waals surface area contributed by atoms with Crippen LogP contribution < -0.4 is 15.4 Å². The van der Waals surface area contributed by atoms with Gasteiger partial charge in [0.15, 0.2) is 0 Å². The first kappa shape index (κ1) is 13.4. The van der Waals surface area contributed by atoms with Crippen LogP contribution in [0.3, 0.4) is 0 Å². The van der Waals surface area contributed by atoms with E-state index in [0.717, 1.165) is 16.9 Å². The Morgan fingerprint density at radius 2 is 2.12 bits per heavy atom. The van der Waals surface area contributed by atoms with Gasteiger partial charge in [0.1, 0.15) is 5.75 Å². The zero-order valence-corrected chi connectivity index (χ0v) is 10.8. The van der Waals surface area contributed by atoms with Crippen molar-refractivity contribution in [3.05, 3.63) is 29.3 Å². The zero-order chi connectivity index (χ0) is 12.8. The molecule has 0 atom stereocenters. The van der Waals surface area contributed by atoms with Crippen LogP contribution in [0, 0.1) is 6.92 Å². The Morgan fingerprint density at radius 1 is 1.41 bits per heavy atom. The van der Waals surface area contributed by atoms with Crippen molar-refractivity contribution < 1.29 is 9.53 Å². The van der Waals surface area contributed by atoms with E-state index in [2.05, 4.69) is 10.6 Å². The van der Waals surface area contributed by atoms with Crippen LogP contribution >= 0.6 is 0 Å². The molecule has 94 valence electrons. The number of carbonyl (C=O) groups is 1. The van der Waals surface area contributed by atoms with Crippen molar-refractivity contribution in [3.63, 3.8) is 0 Å². The number of hydrogen-bond donors (Lipinski definition) is 2. The standard InChI is InChI=1S/C13H20N2O2/c1-9(2)15-13(16)14-8-11-6-5-10(3)12(7-11)17-4/h5-7,9H,8H2,1-4H3,(H2,14,15,16). The first-order valence-electron chi connectivity index (χ1n) is 5.71. The molecule has 0 aromatic heterocycles. The van der Waals surface area contributed by atoms with E-state index >= 15 is 0 Å². The monoisotopic (exact) mass is 236 g/mol. The van der Waals surface area contributed by atoms with Crippen molar-refractivity contribution in [2.45, 2.75) is 33.4 Å². The highest BCUT2D eigenvalue weighted by Crippen LogP contribution is 2.18. The van der Waals surface area contributed by atoms with Gasteiger partial charge < -0.3 is 15.4 Å². The zero-order valence-electron chi connectivity index (χ0n) is 10.8. The minimum atomic E-state index is -0.153. The summed E-state index contributed by atoms with van der Waals surface area (Å²) in [5.41, 5.74) is 2.11. The molecule has 0 saturated heterocycles. The third-order valence-electron chi connectivity index (χ3n) is 2.35. The Labute approximate surface area is 102 Å². The van der Waals surface area contributed by atoms with E-state index in [1.54, 1.807) is 7.11 Å². The summed E-state index contributed by atoms with van der Waals surface area (Å²) in [6.07, 6.45) is 0. The van der Waals surface area contributed by atoms with Crippen LogP contribution in [0.5, 0.6) is 5.75 Å². The molecule has 0 aliphatic heterocycles. The number of benzene rings is 1. The van der Waals surface area contributed by atoms with Gasteiger partial charge in [0, 0.05) is 12.6 Å². The number of urea groups is 1. The molecule has 4 heteroatoms. The number of carbonyl (C=O) groups excluding carboxylic acids is 1. The van der Waals surface area contributed by atoms with Gasteiger partial charge in [-0.1, -0.05) is 12.1 Å².